The minimum Gasteiger partial charge on any atom is -0.480 e. The van der Waals surface area contributed by atoms with Crippen molar-refractivity contribution >= 4 is 26.8 Å². The molecule has 0 spiro atoms. The minimum atomic E-state index is -4.66. The summed E-state index contributed by atoms with van der Waals surface area (Å²) in [7, 11) is -3.71. The van der Waals surface area contributed by atoms with Gasteiger partial charge in [-0.25, -0.2) is 13.4 Å². The number of aromatic nitrogens is 2. The van der Waals surface area contributed by atoms with Crippen LogP contribution in [0.1, 0.15) is 28.4 Å². The first-order valence-electron chi connectivity index (χ1n) is 8.85. The van der Waals surface area contributed by atoms with Crippen LogP contribution in [0.25, 0.3) is 11.0 Å². The van der Waals surface area contributed by atoms with Crippen molar-refractivity contribution in [2.45, 2.75) is 37.9 Å². The van der Waals surface area contributed by atoms with E-state index < -0.39 is 28.0 Å². The molecule has 0 aliphatic heterocycles. The second-order valence-electron chi connectivity index (χ2n) is 7.08. The number of sulfone groups is 1. The Labute approximate surface area is 171 Å². The Bertz CT molecular complexity index is 1250. The van der Waals surface area contributed by atoms with Crippen LogP contribution in [0.2, 0.25) is 0 Å². The van der Waals surface area contributed by atoms with Gasteiger partial charge in [-0.15, -0.1) is 0 Å². The Morgan fingerprint density at radius 3 is 2.37 bits per heavy atom. The molecule has 10 heteroatoms. The number of imidazole rings is 1. The number of alkyl halides is 3. The fourth-order valence-corrected chi connectivity index (χ4v) is 3.47. The van der Waals surface area contributed by atoms with Crippen molar-refractivity contribution in [3.05, 3.63) is 53.3 Å². The van der Waals surface area contributed by atoms with Gasteiger partial charge in [-0.3, -0.25) is 9.36 Å². The van der Waals surface area contributed by atoms with Crippen LogP contribution < -0.4 is 4.74 Å². The lowest BCUT2D eigenvalue weighted by Crippen LogP contribution is -2.32. The molecule has 0 bridgehead atoms. The average molecular weight is 440 g/mol. The van der Waals surface area contributed by atoms with Gasteiger partial charge < -0.3 is 4.74 Å². The maximum Gasteiger partial charge on any atom is 0.425 e. The molecule has 2 aromatic carbocycles. The van der Waals surface area contributed by atoms with E-state index in [-0.39, 0.29) is 16.2 Å². The SMILES string of the molecule is Cc1cc2ncn(C(=O)c3cc(S(C)(=O)=O)ccc3O[C@@H](C)C(F)(F)F)c2cc1C. The van der Waals surface area contributed by atoms with Crippen molar-refractivity contribution in [3.63, 3.8) is 0 Å². The van der Waals surface area contributed by atoms with Crippen LogP contribution >= 0.6 is 0 Å². The lowest BCUT2D eigenvalue weighted by molar-refractivity contribution is -0.189. The highest BCUT2D eigenvalue weighted by Crippen LogP contribution is 2.30. The number of benzene rings is 2. The van der Waals surface area contributed by atoms with E-state index in [1.165, 1.54) is 6.33 Å². The van der Waals surface area contributed by atoms with Crippen molar-refractivity contribution in [3.8, 4) is 5.75 Å². The highest BCUT2D eigenvalue weighted by Gasteiger charge is 2.38. The number of halogens is 3. The molecule has 30 heavy (non-hydrogen) atoms. The summed E-state index contributed by atoms with van der Waals surface area (Å²) in [5, 5.41) is 0. The van der Waals surface area contributed by atoms with E-state index in [0.29, 0.717) is 11.0 Å². The summed E-state index contributed by atoms with van der Waals surface area (Å²) in [6.07, 6.45) is -4.67. The van der Waals surface area contributed by atoms with Gasteiger partial charge in [-0.1, -0.05) is 0 Å². The first-order valence-corrected chi connectivity index (χ1v) is 10.7. The van der Waals surface area contributed by atoms with Gasteiger partial charge >= 0.3 is 6.18 Å². The van der Waals surface area contributed by atoms with Crippen molar-refractivity contribution in [2.75, 3.05) is 6.26 Å². The van der Waals surface area contributed by atoms with Gasteiger partial charge in [0.2, 0.25) is 0 Å². The molecule has 160 valence electrons. The summed E-state index contributed by atoms with van der Waals surface area (Å²) < 4.78 is 68.9. The number of nitrogens with zero attached hydrogens (tertiary/aromatic N) is 2. The standard InChI is InChI=1S/C20H19F3N2O4S/c1-11-7-16-17(8-12(11)2)25(10-24-16)19(26)15-9-14(30(4,27)28)5-6-18(15)29-13(3)20(21,22)23/h5-10,13H,1-4H3/t13-/m0/s1. The Balaban J connectivity index is 2.17. The third-order valence-corrected chi connectivity index (χ3v) is 5.87. The molecule has 6 nitrogen and oxygen atoms in total. The molecule has 0 fully saturated rings. The highest BCUT2D eigenvalue weighted by atomic mass is 32.2. The molecule has 3 aromatic rings. The quantitative estimate of drug-likeness (QED) is 0.611. The maximum atomic E-state index is 13.2. The molecule has 0 aliphatic carbocycles. The number of ether oxygens (including phenoxy) is 1. The van der Waals surface area contributed by atoms with Crippen molar-refractivity contribution in [1.29, 1.82) is 0 Å². The van der Waals surface area contributed by atoms with Crippen LogP contribution in [-0.2, 0) is 9.84 Å². The van der Waals surface area contributed by atoms with E-state index in [1.54, 1.807) is 12.1 Å². The van der Waals surface area contributed by atoms with E-state index in [4.69, 9.17) is 4.74 Å². The van der Waals surface area contributed by atoms with Gasteiger partial charge in [-0.2, -0.15) is 13.2 Å². The number of aryl methyl sites for hydroxylation is 2. The molecule has 1 atom stereocenters. The number of carbonyl (C=O) groups excluding carboxylic acids is 1. The third-order valence-electron chi connectivity index (χ3n) is 4.76. The zero-order valence-electron chi connectivity index (χ0n) is 16.6. The summed E-state index contributed by atoms with van der Waals surface area (Å²) in [5.74, 6) is -1.13. The van der Waals surface area contributed by atoms with Crippen LogP contribution in [0.15, 0.2) is 41.6 Å². The van der Waals surface area contributed by atoms with Gasteiger partial charge in [-0.05, 0) is 62.2 Å². The largest absolute Gasteiger partial charge is 0.480 e. The summed E-state index contributed by atoms with van der Waals surface area (Å²) >= 11 is 0. The van der Waals surface area contributed by atoms with Gasteiger partial charge in [0.15, 0.2) is 15.9 Å². The molecular weight excluding hydrogens is 421 g/mol. The van der Waals surface area contributed by atoms with Crippen LogP contribution in [0.5, 0.6) is 5.75 Å². The van der Waals surface area contributed by atoms with Gasteiger partial charge in [0, 0.05) is 6.26 Å². The summed E-state index contributed by atoms with van der Waals surface area (Å²) in [4.78, 5) is 17.2. The maximum absolute atomic E-state index is 13.2. The lowest BCUT2D eigenvalue weighted by Gasteiger charge is -2.20. The topological polar surface area (TPSA) is 78.3 Å². The number of hydrogen-bond donors (Lipinski definition) is 0. The fraction of sp³-hybridized carbons (Fsp3) is 0.300. The Kier molecular flexibility index (Phi) is 5.40. The van der Waals surface area contributed by atoms with Crippen LogP contribution in [-0.4, -0.2) is 42.4 Å². The monoisotopic (exact) mass is 440 g/mol. The molecule has 0 amide bonds. The zero-order valence-corrected chi connectivity index (χ0v) is 17.4. The van der Waals surface area contributed by atoms with Crippen LogP contribution in [0.4, 0.5) is 13.2 Å². The first-order chi connectivity index (χ1) is 13.8. The van der Waals surface area contributed by atoms with Crippen LogP contribution in [0.3, 0.4) is 0 Å². The van der Waals surface area contributed by atoms with E-state index >= 15 is 0 Å². The zero-order chi connectivity index (χ0) is 22.4. The third kappa shape index (κ3) is 4.18. The molecule has 0 N–H and O–H groups in total. The molecule has 0 aliphatic rings. The van der Waals surface area contributed by atoms with Crippen molar-refractivity contribution in [1.82, 2.24) is 9.55 Å². The molecule has 1 heterocycles. The van der Waals surface area contributed by atoms with Gasteiger partial charge in [0.25, 0.3) is 5.91 Å². The first kappa shape index (κ1) is 21.8. The summed E-state index contributed by atoms with van der Waals surface area (Å²) in [6, 6.07) is 6.69. The molecule has 0 saturated heterocycles. The Hall–Kier alpha value is -2.88. The smallest absolute Gasteiger partial charge is 0.425 e. The van der Waals surface area contributed by atoms with Gasteiger partial charge in [0.1, 0.15) is 12.1 Å². The van der Waals surface area contributed by atoms with Crippen molar-refractivity contribution in [2.24, 2.45) is 0 Å². The molecule has 0 unspecified atom stereocenters. The second-order valence-corrected chi connectivity index (χ2v) is 9.09. The normalized spacial score (nSPS) is 13.4. The minimum absolute atomic E-state index is 0.214. The second kappa shape index (κ2) is 7.42. The van der Waals surface area contributed by atoms with E-state index in [9.17, 15) is 26.4 Å². The predicted octanol–water partition coefficient (Wildman–Crippen LogP) is 4.07. The number of fused-ring (bicyclic) bond motifs is 1. The molecule has 3 rings (SSSR count). The molecular formula is C20H19F3N2O4S. The van der Waals surface area contributed by atoms with E-state index in [0.717, 1.165) is 47.1 Å². The highest BCUT2D eigenvalue weighted by molar-refractivity contribution is 7.90. The summed E-state index contributed by atoms with van der Waals surface area (Å²) in [5.41, 5.74) is 2.51. The molecule has 0 saturated carbocycles. The summed E-state index contributed by atoms with van der Waals surface area (Å²) in [6.45, 7) is 4.54. The Morgan fingerprint density at radius 2 is 1.77 bits per heavy atom. The number of carbonyl (C=O) groups is 1. The fourth-order valence-electron chi connectivity index (χ4n) is 2.82. The number of rotatable bonds is 4. The van der Waals surface area contributed by atoms with E-state index in [1.807, 2.05) is 13.8 Å². The molecule has 0 radical (unpaired) electrons. The van der Waals surface area contributed by atoms with Crippen molar-refractivity contribution < 1.29 is 31.1 Å². The average Bonchev–Trinajstić information content (AvgIpc) is 3.02. The van der Waals surface area contributed by atoms with Gasteiger partial charge in [0.05, 0.1) is 21.5 Å². The predicted molar refractivity (Wildman–Crippen MR) is 105 cm³/mol. The van der Waals surface area contributed by atoms with E-state index in [2.05, 4.69) is 4.98 Å². The molecule has 1 aromatic heterocycles. The number of hydrogen-bond acceptors (Lipinski definition) is 5. The van der Waals surface area contributed by atoms with Crippen LogP contribution in [0, 0.1) is 13.8 Å². The Morgan fingerprint density at radius 1 is 1.13 bits per heavy atom. The lowest BCUT2D eigenvalue weighted by atomic mass is 10.1.